The molecule has 0 N–H and O–H groups in total. The summed E-state index contributed by atoms with van der Waals surface area (Å²) >= 11 is 23.1. The van der Waals surface area contributed by atoms with Crippen molar-refractivity contribution in [1.82, 2.24) is 19.6 Å². The summed E-state index contributed by atoms with van der Waals surface area (Å²) in [6.45, 7) is 4.47. The second-order valence-corrected chi connectivity index (χ2v) is 18.0. The predicted octanol–water partition coefficient (Wildman–Crippen LogP) is 12.5. The maximum atomic E-state index is 6.64. The Labute approximate surface area is 391 Å². The minimum Gasteiger partial charge on any atom is -0.431 e. The van der Waals surface area contributed by atoms with Gasteiger partial charge in [-0.1, -0.05) is 88.8 Å². The van der Waals surface area contributed by atoms with Crippen molar-refractivity contribution in [1.29, 1.82) is 0 Å². The molecule has 0 bridgehead atoms. The molecule has 0 saturated carbocycles. The van der Waals surface area contributed by atoms with Gasteiger partial charge < -0.3 is 38.5 Å². The lowest BCUT2D eigenvalue weighted by Gasteiger charge is -2.24. The highest BCUT2D eigenvalue weighted by Crippen LogP contribution is 2.48. The summed E-state index contributed by atoms with van der Waals surface area (Å²) in [7, 11) is 14.9. The normalized spacial score (nSPS) is 11.0. The van der Waals surface area contributed by atoms with E-state index in [1.54, 1.807) is 19.6 Å². The lowest BCUT2D eigenvalue weighted by atomic mass is 9.93. The Kier molecular flexibility index (Phi) is 17.7. The Morgan fingerprint density at radius 3 is 0.984 bits per heavy atom. The summed E-state index contributed by atoms with van der Waals surface area (Å²) in [4.78, 5) is 7.05. The maximum Gasteiger partial charge on any atom is 0.264 e. The Morgan fingerprint density at radius 2 is 0.677 bits per heavy atom. The average molecular weight is 911 g/mol. The van der Waals surface area contributed by atoms with E-state index in [2.05, 4.69) is 74.5 Å². The molecule has 0 aliphatic carbocycles. The number of benzene rings is 5. The first-order chi connectivity index (χ1) is 29.6. The van der Waals surface area contributed by atoms with Crippen molar-refractivity contribution in [3.8, 4) is 45.3 Å². The lowest BCUT2D eigenvalue weighted by molar-refractivity contribution is 0.440. The molecule has 8 nitrogen and oxygen atoms in total. The van der Waals surface area contributed by atoms with Crippen molar-refractivity contribution in [2.75, 3.05) is 56.4 Å². The molecule has 5 rings (SSSR count). The molecule has 0 heterocycles. The fourth-order valence-corrected chi connectivity index (χ4v) is 7.32. The molecule has 0 fully saturated rings. The van der Waals surface area contributed by atoms with E-state index < -0.39 is 0 Å². The van der Waals surface area contributed by atoms with Crippen LogP contribution in [0, 0.1) is 0 Å². The van der Waals surface area contributed by atoms with Gasteiger partial charge in [-0.15, -0.1) is 0 Å². The van der Waals surface area contributed by atoms with Gasteiger partial charge in [-0.2, -0.15) is 0 Å². The van der Waals surface area contributed by atoms with Crippen LogP contribution in [0.1, 0.15) is 76.3 Å². The summed E-state index contributed by atoms with van der Waals surface area (Å²) in [5.74, 6) is 2.06. The highest BCUT2D eigenvalue weighted by Gasteiger charge is 2.25. The maximum absolute atomic E-state index is 6.64. The molecule has 330 valence electrons. The van der Waals surface area contributed by atoms with Crippen LogP contribution in [0.5, 0.6) is 23.0 Å². The highest BCUT2D eigenvalue weighted by atomic mass is 32.1. The number of hydrogen-bond acceptors (Lipinski definition) is 8. The summed E-state index contributed by atoms with van der Waals surface area (Å²) in [6.07, 6.45) is 11.6. The van der Waals surface area contributed by atoms with E-state index in [-0.39, 0.29) is 10.3 Å². The molecule has 0 aromatic heterocycles. The first-order valence-corrected chi connectivity index (χ1v) is 23.1. The third-order valence-electron chi connectivity index (χ3n) is 10.6. The molecule has 12 heteroatoms. The number of fused-ring (bicyclic) bond motifs is 2. The van der Waals surface area contributed by atoms with Crippen molar-refractivity contribution in [2.24, 2.45) is 0 Å². The average Bonchev–Trinajstić information content (AvgIpc) is 3.23. The second-order valence-electron chi connectivity index (χ2n) is 16.6. The van der Waals surface area contributed by atoms with Gasteiger partial charge in [0.2, 0.25) is 0 Å². The van der Waals surface area contributed by atoms with E-state index >= 15 is 0 Å². The number of thiocarbonyl (C=S) groups is 4. The highest BCUT2D eigenvalue weighted by molar-refractivity contribution is 7.80. The van der Waals surface area contributed by atoms with E-state index in [1.807, 2.05) is 68.5 Å². The monoisotopic (exact) mass is 910 g/mol. The van der Waals surface area contributed by atoms with Crippen LogP contribution in [0.15, 0.2) is 72.8 Å². The third-order valence-corrected chi connectivity index (χ3v) is 12.3. The number of aryl methyl sites for hydroxylation is 2. The Morgan fingerprint density at radius 1 is 0.371 bits per heavy atom. The fraction of sp³-hybridized carbons (Fsp3) is 0.400. The number of rotatable bonds is 16. The van der Waals surface area contributed by atoms with Gasteiger partial charge >= 0.3 is 0 Å². The third kappa shape index (κ3) is 12.7. The molecule has 0 amide bonds. The van der Waals surface area contributed by atoms with Gasteiger partial charge in [-0.25, -0.2) is 0 Å². The van der Waals surface area contributed by atoms with Gasteiger partial charge in [0.1, 0.15) is 23.0 Å². The standard InChI is InChI=1S/C50H62N4O4S4/c1-11-13-15-17-19-33-21-23-35-27-39(43(29-37(35)25-33)55-47(59)51(3)4)41-31-46(58-50(62)54(9)10)42(32-45(41)57-49(61)53(7)8)40-28-36-24-22-34(20-18-16-14-12-2)26-38(36)30-44(40)56-48(60)52(5)6/h21-32H,11-20H2,1-10H3. The summed E-state index contributed by atoms with van der Waals surface area (Å²) in [6, 6.07) is 25.5. The Hall–Kier alpha value is -4.62. The van der Waals surface area contributed by atoms with Gasteiger partial charge in [-0.3, -0.25) is 0 Å². The van der Waals surface area contributed by atoms with Crippen LogP contribution in [-0.4, -0.2) is 96.7 Å². The fourth-order valence-electron chi connectivity index (χ4n) is 6.96. The molecule has 0 atom stereocenters. The van der Waals surface area contributed by atoms with Gasteiger partial charge in [0, 0.05) is 78.6 Å². The largest absolute Gasteiger partial charge is 0.431 e. The molecule has 0 saturated heterocycles. The van der Waals surface area contributed by atoms with Crippen LogP contribution in [0.3, 0.4) is 0 Å². The predicted molar refractivity (Wildman–Crippen MR) is 276 cm³/mol. The zero-order valence-electron chi connectivity index (χ0n) is 38.1. The molecule has 5 aromatic carbocycles. The molecular weight excluding hydrogens is 849 g/mol. The molecule has 0 unspecified atom stereocenters. The molecular formula is C50H62N4O4S4. The van der Waals surface area contributed by atoms with Crippen molar-refractivity contribution < 1.29 is 18.9 Å². The van der Waals surface area contributed by atoms with E-state index in [9.17, 15) is 0 Å². The number of ether oxygens (including phenoxy) is 4. The summed E-state index contributed by atoms with van der Waals surface area (Å²) in [5.41, 5.74) is 5.36. The molecule has 0 spiro atoms. The minimum atomic E-state index is 0.268. The first-order valence-electron chi connectivity index (χ1n) is 21.5. The number of unbranched alkanes of at least 4 members (excludes halogenated alkanes) is 6. The van der Waals surface area contributed by atoms with Gasteiger partial charge in [0.05, 0.1) is 0 Å². The van der Waals surface area contributed by atoms with E-state index in [4.69, 9.17) is 67.8 Å². The number of nitrogens with zero attached hydrogens (tertiary/aromatic N) is 4. The summed E-state index contributed by atoms with van der Waals surface area (Å²) in [5, 5.41) is 5.32. The van der Waals surface area contributed by atoms with Crippen molar-refractivity contribution in [3.05, 3.63) is 83.9 Å². The van der Waals surface area contributed by atoms with Gasteiger partial charge in [0.25, 0.3) is 20.7 Å². The van der Waals surface area contributed by atoms with Crippen LogP contribution >= 0.6 is 48.9 Å². The van der Waals surface area contributed by atoms with Crippen LogP contribution in [0.25, 0.3) is 43.8 Å². The smallest absolute Gasteiger partial charge is 0.264 e. The molecule has 0 aliphatic heterocycles. The van der Waals surface area contributed by atoms with E-state index in [0.717, 1.165) is 58.4 Å². The molecule has 0 radical (unpaired) electrons. The van der Waals surface area contributed by atoms with Crippen molar-refractivity contribution in [2.45, 2.75) is 78.1 Å². The minimum absolute atomic E-state index is 0.268. The zero-order chi connectivity index (χ0) is 45.1. The zero-order valence-corrected chi connectivity index (χ0v) is 41.3. The van der Waals surface area contributed by atoms with Gasteiger partial charge in [0.15, 0.2) is 0 Å². The first kappa shape index (κ1) is 48.4. The Balaban J connectivity index is 1.80. The second kappa shape index (κ2) is 22.6. The van der Waals surface area contributed by atoms with Crippen LogP contribution in [0.2, 0.25) is 0 Å². The van der Waals surface area contributed by atoms with E-state index in [1.165, 1.54) is 49.7 Å². The SMILES string of the molecule is CCCCCCc1ccc2cc(-c3cc(OC(=S)N(C)C)c(-c4cc5ccc(CCCCCC)cc5cc4OC(=S)N(C)C)cc3OC(=S)N(C)C)c(OC(=S)N(C)C)cc2c1. The summed E-state index contributed by atoms with van der Waals surface area (Å²) < 4.78 is 26.3. The topological polar surface area (TPSA) is 49.9 Å². The van der Waals surface area contributed by atoms with Gasteiger partial charge in [-0.05, 0) is 144 Å². The number of hydrogen-bond donors (Lipinski definition) is 0. The van der Waals surface area contributed by atoms with E-state index in [0.29, 0.717) is 44.5 Å². The quantitative estimate of drug-likeness (QED) is 0.0700. The Bertz CT molecular complexity index is 2250. The lowest BCUT2D eigenvalue weighted by Crippen LogP contribution is -2.26. The van der Waals surface area contributed by atoms with Crippen LogP contribution in [-0.2, 0) is 12.8 Å². The molecule has 5 aromatic rings. The molecule has 0 aliphatic rings. The van der Waals surface area contributed by atoms with Crippen LogP contribution in [0.4, 0.5) is 0 Å². The molecule has 62 heavy (non-hydrogen) atoms. The van der Waals surface area contributed by atoms with Crippen molar-refractivity contribution in [3.63, 3.8) is 0 Å². The van der Waals surface area contributed by atoms with Crippen LogP contribution < -0.4 is 18.9 Å². The van der Waals surface area contributed by atoms with Crippen molar-refractivity contribution >= 4 is 91.1 Å².